The third-order valence-corrected chi connectivity index (χ3v) is 12.1. The Kier molecular flexibility index (Phi) is 12.2. The van der Waals surface area contributed by atoms with Gasteiger partial charge in [-0.3, -0.25) is 28.4 Å². The van der Waals surface area contributed by atoms with Crippen LogP contribution in [-0.2, 0) is 40.5 Å². The number of azo groups is 3. The summed E-state index contributed by atoms with van der Waals surface area (Å²) < 4.78 is 135. The van der Waals surface area contributed by atoms with E-state index in [1.165, 1.54) is 48.5 Å². The van der Waals surface area contributed by atoms with E-state index in [-0.39, 0.29) is 56.9 Å². The van der Waals surface area contributed by atoms with E-state index in [0.717, 1.165) is 24.3 Å². The minimum Gasteiger partial charge on any atom is -0.398 e. The van der Waals surface area contributed by atoms with Crippen molar-refractivity contribution in [2.24, 2.45) is 35.8 Å². The standard InChI is InChI=1S/C34H29N13O13S4/c35-20-11-22(37)26(61(49,50)51)13-24(20)44-40-16-1-5-18(6-2-16)42-46-32-28(63(55,56)57)9-15-10-29(64(58,59)60)33(34(48)30(15)31(32)39)47-43-19-7-3-17(4-8-19)41-45-25-14-27(62(52,53)54)23(38)12-21(25)36/h1-14,43H,35-39H2,(H,49,50,51)(H,52,53,54)(H,55,56,57)(H,58,59,60)/b44-40?,45-41?,46-42?,47-33+. The van der Waals surface area contributed by atoms with E-state index in [0.29, 0.717) is 12.1 Å². The predicted molar refractivity (Wildman–Crippen MR) is 231 cm³/mol. The fourth-order valence-corrected chi connectivity index (χ4v) is 8.13. The van der Waals surface area contributed by atoms with Gasteiger partial charge in [0.1, 0.15) is 36.7 Å². The molecule has 0 amide bonds. The Labute approximate surface area is 361 Å². The van der Waals surface area contributed by atoms with Gasteiger partial charge in [0.05, 0.1) is 56.7 Å². The van der Waals surface area contributed by atoms with Crippen molar-refractivity contribution in [2.45, 2.75) is 14.7 Å². The Balaban J connectivity index is 1.29. The first-order valence-electron chi connectivity index (χ1n) is 17.0. The number of carbonyl (C=O) groups excluding carboxylic acids is 1. The average molecular weight is 956 g/mol. The number of rotatable bonds is 12. The molecule has 0 heterocycles. The van der Waals surface area contributed by atoms with Gasteiger partial charge in [-0.05, 0) is 90.5 Å². The first-order chi connectivity index (χ1) is 29.7. The van der Waals surface area contributed by atoms with Gasteiger partial charge in [0, 0.05) is 0 Å². The number of ketones is 1. The van der Waals surface area contributed by atoms with Gasteiger partial charge in [0.2, 0.25) is 5.78 Å². The molecule has 0 bridgehead atoms. The smallest absolute Gasteiger partial charge is 0.296 e. The number of hydrogen-bond donors (Lipinski definition) is 10. The zero-order valence-corrected chi connectivity index (χ0v) is 35.0. The minimum absolute atomic E-state index is 0.0255. The highest BCUT2D eigenvalue weighted by molar-refractivity contribution is 7.91. The van der Waals surface area contributed by atoms with Crippen LogP contribution in [-0.4, -0.2) is 63.4 Å². The summed E-state index contributed by atoms with van der Waals surface area (Å²) in [6, 6.07) is 15.3. The number of nitrogens with one attached hydrogen (secondary N) is 1. The number of fused-ring (bicyclic) bond motifs is 1. The molecule has 0 unspecified atom stereocenters. The number of hydrazone groups is 1. The van der Waals surface area contributed by atoms with Crippen LogP contribution in [0.2, 0.25) is 0 Å². The monoisotopic (exact) mass is 955 g/mol. The lowest BCUT2D eigenvalue weighted by molar-refractivity contribution is 0.106. The quantitative estimate of drug-likeness (QED) is 0.0320. The fourth-order valence-electron chi connectivity index (χ4n) is 5.56. The van der Waals surface area contributed by atoms with Gasteiger partial charge < -0.3 is 28.7 Å². The largest absolute Gasteiger partial charge is 0.398 e. The van der Waals surface area contributed by atoms with Crippen LogP contribution in [0, 0.1) is 0 Å². The predicted octanol–water partition coefficient (Wildman–Crippen LogP) is 5.48. The van der Waals surface area contributed by atoms with Crippen LogP contribution in [0.25, 0.3) is 6.08 Å². The molecule has 0 aliphatic heterocycles. The lowest BCUT2D eigenvalue weighted by Gasteiger charge is -2.20. The zero-order chi connectivity index (χ0) is 47.1. The maximum absolute atomic E-state index is 13.9. The van der Waals surface area contributed by atoms with Gasteiger partial charge in [0.15, 0.2) is 5.71 Å². The van der Waals surface area contributed by atoms with E-state index in [9.17, 15) is 56.7 Å². The number of allylic oxidation sites excluding steroid dienone is 1. The van der Waals surface area contributed by atoms with Crippen LogP contribution in [0.15, 0.2) is 134 Å². The fraction of sp³-hybridized carbons (Fsp3) is 0. The van der Waals surface area contributed by atoms with Crippen molar-refractivity contribution < 1.29 is 56.7 Å². The number of anilines is 6. The molecule has 5 aromatic rings. The first-order valence-corrected chi connectivity index (χ1v) is 22.8. The summed E-state index contributed by atoms with van der Waals surface area (Å²) >= 11 is 0. The highest BCUT2D eigenvalue weighted by atomic mass is 32.2. The number of hydrogen-bond acceptors (Lipinski definition) is 22. The van der Waals surface area contributed by atoms with Crippen LogP contribution in [0.4, 0.5) is 68.2 Å². The summed E-state index contributed by atoms with van der Waals surface area (Å²) in [6.45, 7) is 0. The third-order valence-electron chi connectivity index (χ3n) is 8.55. The Morgan fingerprint density at radius 2 is 0.906 bits per heavy atom. The number of benzene rings is 5. The third kappa shape index (κ3) is 10.0. The number of nitrogens with two attached hydrogens (primary N) is 5. The van der Waals surface area contributed by atoms with Crippen molar-refractivity contribution in [3.63, 3.8) is 0 Å². The molecule has 0 spiro atoms. The molecule has 15 N–H and O–H groups in total. The second kappa shape index (κ2) is 16.9. The number of nitrogens with zero attached hydrogens (tertiary/aromatic N) is 7. The molecule has 6 rings (SSSR count). The Hall–Kier alpha value is -7.58. The minimum atomic E-state index is -5.25. The summed E-state index contributed by atoms with van der Waals surface area (Å²) in [5.41, 5.74) is 27.6. The highest BCUT2D eigenvalue weighted by Gasteiger charge is 2.37. The number of carbonyl (C=O) groups is 1. The first kappa shape index (κ1) is 45.9. The summed E-state index contributed by atoms with van der Waals surface area (Å²) in [5.74, 6) is -1.25. The molecule has 332 valence electrons. The Morgan fingerprint density at radius 1 is 0.484 bits per heavy atom. The normalized spacial score (nSPS) is 14.4. The van der Waals surface area contributed by atoms with Gasteiger partial charge in [0.25, 0.3) is 40.5 Å². The molecule has 64 heavy (non-hydrogen) atoms. The maximum atomic E-state index is 13.9. The van der Waals surface area contributed by atoms with Gasteiger partial charge >= 0.3 is 0 Å². The van der Waals surface area contributed by atoms with Crippen LogP contribution < -0.4 is 34.1 Å². The molecule has 0 aromatic heterocycles. The maximum Gasteiger partial charge on any atom is 0.296 e. The van der Waals surface area contributed by atoms with E-state index < -0.39 is 94.1 Å². The second-order valence-corrected chi connectivity index (χ2v) is 18.5. The molecule has 0 saturated carbocycles. The average Bonchev–Trinajstić information content (AvgIpc) is 3.18. The second-order valence-electron chi connectivity index (χ2n) is 13.0. The van der Waals surface area contributed by atoms with Crippen molar-refractivity contribution in [1.29, 1.82) is 0 Å². The molecule has 1 aliphatic rings. The van der Waals surface area contributed by atoms with Gasteiger partial charge in [-0.2, -0.15) is 54.1 Å². The SMILES string of the molecule is Nc1cc(N)c(S(=O)(=O)O)cc1N=Nc1ccc(N=Nc2c(S(=O)(=O)O)cc3c(c2N)C(=O)/C(=N/Nc2ccc(N=Nc4cc(S(=O)(=O)O)c(N)cc4N)cc2)C(S(=O)(=O)O)=C3)cc1. The van der Waals surface area contributed by atoms with Crippen molar-refractivity contribution in [1.82, 2.24) is 0 Å². The summed E-state index contributed by atoms with van der Waals surface area (Å²) in [5, 5.41) is 27.2. The van der Waals surface area contributed by atoms with Crippen molar-refractivity contribution >= 4 is 126 Å². The van der Waals surface area contributed by atoms with Crippen molar-refractivity contribution in [3.05, 3.63) is 94.9 Å². The molecule has 0 radical (unpaired) electrons. The lowest BCUT2D eigenvalue weighted by atomic mass is 9.92. The summed E-state index contributed by atoms with van der Waals surface area (Å²) in [4.78, 5) is 10.5. The molecule has 0 saturated heterocycles. The van der Waals surface area contributed by atoms with Gasteiger partial charge in [-0.25, -0.2) is 0 Å². The molecule has 5 aromatic carbocycles. The van der Waals surface area contributed by atoms with E-state index in [1.54, 1.807) is 0 Å². The Morgan fingerprint density at radius 3 is 1.33 bits per heavy atom. The molecule has 0 atom stereocenters. The summed E-state index contributed by atoms with van der Waals surface area (Å²) in [6.07, 6.45) is 0.688. The Bertz CT molecular complexity index is 3410. The number of nitrogen functional groups attached to an aromatic ring is 5. The molecule has 1 aliphatic carbocycles. The van der Waals surface area contributed by atoms with Gasteiger partial charge in [-0.15, -0.1) is 15.3 Å². The van der Waals surface area contributed by atoms with Crippen LogP contribution >= 0.6 is 0 Å². The topological polar surface area (TPSA) is 463 Å². The van der Waals surface area contributed by atoms with E-state index in [2.05, 4.69) is 41.2 Å². The van der Waals surface area contributed by atoms with Crippen LogP contribution in [0.3, 0.4) is 0 Å². The lowest BCUT2D eigenvalue weighted by Crippen LogP contribution is -2.28. The molecule has 0 fully saturated rings. The van der Waals surface area contributed by atoms with Crippen LogP contribution in [0.5, 0.6) is 0 Å². The summed E-state index contributed by atoms with van der Waals surface area (Å²) in [7, 11) is -19.9. The molecule has 30 heteroatoms. The van der Waals surface area contributed by atoms with E-state index in [4.69, 9.17) is 28.7 Å². The molecular weight excluding hydrogens is 927 g/mol. The molecular formula is C34H29N13O13S4. The van der Waals surface area contributed by atoms with Crippen LogP contribution in [0.1, 0.15) is 15.9 Å². The molecule has 26 nitrogen and oxygen atoms in total. The van der Waals surface area contributed by atoms with E-state index in [1.807, 2.05) is 0 Å². The number of Topliss-reactive ketones (excluding diaryl/α,β-unsaturated/α-hetero) is 1. The van der Waals surface area contributed by atoms with Crippen molar-refractivity contribution in [2.75, 3.05) is 34.1 Å². The highest BCUT2D eigenvalue weighted by Crippen LogP contribution is 2.41. The zero-order valence-electron chi connectivity index (χ0n) is 31.7. The van der Waals surface area contributed by atoms with E-state index >= 15 is 0 Å². The van der Waals surface area contributed by atoms with Crippen molar-refractivity contribution in [3.8, 4) is 0 Å². The van der Waals surface area contributed by atoms with Gasteiger partial charge in [-0.1, -0.05) is 0 Å².